The highest BCUT2D eigenvalue weighted by Gasteiger charge is 2.14. The van der Waals surface area contributed by atoms with Gasteiger partial charge in [0.1, 0.15) is 35.7 Å². The summed E-state index contributed by atoms with van der Waals surface area (Å²) >= 11 is 3.16. The molecule has 8 nitrogen and oxygen atoms in total. The van der Waals surface area contributed by atoms with E-state index >= 15 is 0 Å². The van der Waals surface area contributed by atoms with Gasteiger partial charge in [-0.2, -0.15) is 0 Å². The third-order valence-corrected chi connectivity index (χ3v) is 6.57. The van der Waals surface area contributed by atoms with Gasteiger partial charge in [0.25, 0.3) is 0 Å². The maximum Gasteiger partial charge on any atom is 0.191 e. The van der Waals surface area contributed by atoms with Crippen LogP contribution in [0.25, 0.3) is 10.6 Å². The van der Waals surface area contributed by atoms with Crippen molar-refractivity contribution in [3.8, 4) is 16.3 Å². The van der Waals surface area contributed by atoms with Crippen molar-refractivity contribution in [3.63, 3.8) is 0 Å². The van der Waals surface area contributed by atoms with E-state index in [1.165, 1.54) is 22.7 Å². The summed E-state index contributed by atoms with van der Waals surface area (Å²) in [7, 11) is 0. The van der Waals surface area contributed by atoms with Crippen LogP contribution in [0, 0.1) is 0 Å². The van der Waals surface area contributed by atoms with Gasteiger partial charge in [-0.3, -0.25) is 0 Å². The third kappa shape index (κ3) is 8.39. The molecule has 11 heteroatoms. The van der Waals surface area contributed by atoms with E-state index in [4.69, 9.17) is 30.7 Å². The summed E-state index contributed by atoms with van der Waals surface area (Å²) in [5.74, 6) is 2.10. The number of alkyl halides is 1. The maximum absolute atomic E-state index is 12.0. The van der Waals surface area contributed by atoms with E-state index < -0.39 is 6.67 Å². The number of benzene rings is 1. The lowest BCUT2D eigenvalue weighted by atomic mass is 10.2. The molecule has 0 amide bonds. The van der Waals surface area contributed by atoms with Crippen molar-refractivity contribution in [1.29, 1.82) is 0 Å². The molecule has 184 valence electrons. The van der Waals surface area contributed by atoms with Crippen LogP contribution in [0.1, 0.15) is 23.9 Å². The Morgan fingerprint density at radius 1 is 0.971 bits per heavy atom. The Hall–Kier alpha value is -2.47. The van der Waals surface area contributed by atoms with Gasteiger partial charge in [0.15, 0.2) is 5.16 Å². The smallest absolute Gasteiger partial charge is 0.191 e. The second-order valence-corrected chi connectivity index (χ2v) is 9.24. The number of anilines is 2. The Morgan fingerprint density at radius 2 is 1.71 bits per heavy atom. The Balaban J connectivity index is 1.59. The molecular formula is C23H30FN5O3S2. The number of nitrogens with zero attached hydrogens (tertiary/aromatic N) is 3. The molecule has 0 aliphatic rings. The first-order valence-corrected chi connectivity index (χ1v) is 12.8. The Bertz CT molecular complexity index is 1020. The second-order valence-electron chi connectivity index (χ2n) is 7.22. The van der Waals surface area contributed by atoms with Crippen molar-refractivity contribution < 1.29 is 18.6 Å². The van der Waals surface area contributed by atoms with E-state index in [9.17, 15) is 4.39 Å². The van der Waals surface area contributed by atoms with Gasteiger partial charge in [-0.25, -0.2) is 19.3 Å². The number of aryl methyl sites for hydroxylation is 1. The monoisotopic (exact) mass is 507 g/mol. The highest BCUT2D eigenvalue weighted by atomic mass is 32.2. The summed E-state index contributed by atoms with van der Waals surface area (Å²) in [5.41, 5.74) is 13.6. The summed E-state index contributed by atoms with van der Waals surface area (Å²) in [5, 5.41) is 1.49. The largest absolute Gasteiger partial charge is 0.491 e. The molecule has 3 rings (SSSR count). The predicted octanol–water partition coefficient (Wildman–Crippen LogP) is 4.39. The van der Waals surface area contributed by atoms with Gasteiger partial charge in [0, 0.05) is 22.3 Å². The van der Waals surface area contributed by atoms with Gasteiger partial charge < -0.3 is 25.7 Å². The van der Waals surface area contributed by atoms with E-state index in [-0.39, 0.29) is 6.61 Å². The highest BCUT2D eigenvalue weighted by Crippen LogP contribution is 2.33. The second kappa shape index (κ2) is 14.1. The van der Waals surface area contributed by atoms with Crippen LogP contribution < -0.4 is 16.2 Å². The van der Waals surface area contributed by atoms with Crippen molar-refractivity contribution in [1.82, 2.24) is 15.0 Å². The molecule has 0 saturated heterocycles. The van der Waals surface area contributed by atoms with E-state index in [2.05, 4.69) is 16.9 Å². The lowest BCUT2D eigenvalue weighted by Crippen LogP contribution is -2.11. The fourth-order valence-electron chi connectivity index (χ4n) is 3.02. The molecular weight excluding hydrogens is 477 g/mol. The zero-order valence-corrected chi connectivity index (χ0v) is 20.8. The molecule has 34 heavy (non-hydrogen) atoms. The topological polar surface area (TPSA) is 118 Å². The van der Waals surface area contributed by atoms with Gasteiger partial charge in [-0.15, -0.1) is 11.3 Å². The number of thiazole rings is 1. The Morgan fingerprint density at radius 3 is 2.44 bits per heavy atom. The molecule has 2 heterocycles. The fraction of sp³-hybridized carbons (Fsp3) is 0.435. The van der Waals surface area contributed by atoms with Crippen molar-refractivity contribution in [2.24, 2.45) is 0 Å². The number of thioether (sulfide) groups is 1. The van der Waals surface area contributed by atoms with Gasteiger partial charge >= 0.3 is 0 Å². The lowest BCUT2D eigenvalue weighted by Gasteiger charge is -2.08. The average molecular weight is 508 g/mol. The zero-order chi connectivity index (χ0) is 24.2. The Kier molecular flexibility index (Phi) is 10.8. The van der Waals surface area contributed by atoms with E-state index in [0.717, 1.165) is 34.9 Å². The number of aromatic nitrogens is 3. The summed E-state index contributed by atoms with van der Waals surface area (Å²) < 4.78 is 28.2. The number of nitrogen functional groups attached to an aromatic ring is 2. The zero-order valence-electron chi connectivity index (χ0n) is 19.2. The maximum atomic E-state index is 12.0. The SMILES string of the molecule is CCCc1sc(-c2cccc(OCCOCCOCCF)c2)nc1CSc1nc(N)cc(N)n1. The first kappa shape index (κ1) is 26.1. The molecule has 0 aliphatic carbocycles. The molecule has 0 bridgehead atoms. The molecule has 1 aromatic carbocycles. The van der Waals surface area contributed by atoms with Crippen LogP contribution >= 0.6 is 23.1 Å². The number of nitrogens with two attached hydrogens (primary N) is 2. The number of hydrogen-bond donors (Lipinski definition) is 2. The van der Waals surface area contributed by atoms with Gasteiger partial charge in [0.05, 0.1) is 32.1 Å². The molecule has 0 radical (unpaired) electrons. The van der Waals surface area contributed by atoms with Crippen LogP contribution in [-0.2, 0) is 21.6 Å². The summed E-state index contributed by atoms with van der Waals surface area (Å²) in [6.45, 7) is 3.41. The van der Waals surface area contributed by atoms with Crippen LogP contribution in [0.2, 0.25) is 0 Å². The van der Waals surface area contributed by atoms with E-state index in [0.29, 0.717) is 49.0 Å². The number of hydrogen-bond acceptors (Lipinski definition) is 10. The van der Waals surface area contributed by atoms with Crippen molar-refractivity contribution in [2.45, 2.75) is 30.7 Å². The van der Waals surface area contributed by atoms with Gasteiger partial charge in [0.2, 0.25) is 0 Å². The first-order valence-electron chi connectivity index (χ1n) is 11.0. The predicted molar refractivity (Wildman–Crippen MR) is 135 cm³/mol. The molecule has 2 aromatic heterocycles. The van der Waals surface area contributed by atoms with Crippen LogP contribution in [0.4, 0.5) is 16.0 Å². The molecule has 0 saturated carbocycles. The number of ether oxygens (including phenoxy) is 3. The van der Waals surface area contributed by atoms with Crippen molar-refractivity contribution in [3.05, 3.63) is 40.9 Å². The molecule has 0 atom stereocenters. The fourth-order valence-corrected chi connectivity index (χ4v) is 5.13. The van der Waals surface area contributed by atoms with Crippen LogP contribution in [0.15, 0.2) is 35.5 Å². The minimum absolute atomic E-state index is 0.104. The minimum atomic E-state index is -0.482. The summed E-state index contributed by atoms with van der Waals surface area (Å²) in [6, 6.07) is 9.41. The quantitative estimate of drug-likeness (QED) is 0.175. The normalized spacial score (nSPS) is 11.1. The minimum Gasteiger partial charge on any atom is -0.491 e. The lowest BCUT2D eigenvalue weighted by molar-refractivity contribution is 0.0325. The average Bonchev–Trinajstić information content (AvgIpc) is 3.22. The van der Waals surface area contributed by atoms with Gasteiger partial charge in [-0.05, 0) is 18.6 Å². The van der Waals surface area contributed by atoms with E-state index in [1.54, 1.807) is 11.3 Å². The molecule has 3 aromatic rings. The van der Waals surface area contributed by atoms with Crippen molar-refractivity contribution >= 4 is 34.7 Å². The molecule has 4 N–H and O–H groups in total. The summed E-state index contributed by atoms with van der Waals surface area (Å²) in [4.78, 5) is 14.6. The summed E-state index contributed by atoms with van der Waals surface area (Å²) in [6.07, 6.45) is 1.99. The molecule has 0 aliphatic heterocycles. The van der Waals surface area contributed by atoms with Crippen molar-refractivity contribution in [2.75, 3.05) is 51.2 Å². The molecule has 0 fully saturated rings. The first-order chi connectivity index (χ1) is 16.6. The van der Waals surface area contributed by atoms with Gasteiger partial charge in [-0.1, -0.05) is 37.2 Å². The standard InChI is InChI=1S/C23H30FN5O3S2/c1-2-4-19-18(15-33-23-28-20(25)14-21(26)29-23)27-22(34-19)16-5-3-6-17(13-16)32-12-11-31-10-9-30-8-7-24/h3,5-6,13-14H,2,4,7-12,15H2,1H3,(H4,25,26,28,29). The van der Waals surface area contributed by atoms with Crippen LogP contribution in [0.5, 0.6) is 5.75 Å². The third-order valence-electron chi connectivity index (χ3n) is 4.51. The highest BCUT2D eigenvalue weighted by molar-refractivity contribution is 7.98. The van der Waals surface area contributed by atoms with Crippen LogP contribution in [0.3, 0.4) is 0 Å². The molecule has 0 spiro atoms. The number of rotatable bonds is 15. The van der Waals surface area contributed by atoms with Crippen LogP contribution in [-0.4, -0.2) is 54.7 Å². The van der Waals surface area contributed by atoms with E-state index in [1.807, 2.05) is 24.3 Å². The Labute approximate surface area is 207 Å². The molecule has 0 unspecified atom stereocenters. The number of halogens is 1.